The van der Waals surface area contributed by atoms with E-state index >= 15 is 8.78 Å². The van der Waals surface area contributed by atoms with Crippen LogP contribution in [-0.2, 0) is 23.9 Å². The molecule has 0 bridgehead atoms. The Hall–Kier alpha value is -2.65. The van der Waals surface area contributed by atoms with Crippen molar-refractivity contribution in [2.75, 3.05) is 6.61 Å². The van der Waals surface area contributed by atoms with Gasteiger partial charge in [0.25, 0.3) is 5.85 Å². The van der Waals surface area contributed by atoms with Crippen LogP contribution in [0.3, 0.4) is 0 Å². The number of ether oxygens (including phenoxy) is 2. The fraction of sp³-hybridized carbons (Fsp3) is 0.478. The first-order valence-electron chi connectivity index (χ1n) is 10.4. The summed E-state index contributed by atoms with van der Waals surface area (Å²) in [5.41, 5.74) is -2.49. The summed E-state index contributed by atoms with van der Waals surface area (Å²) in [5.74, 6) is -7.71. The third-order valence-electron chi connectivity index (χ3n) is 5.79. The quantitative estimate of drug-likeness (QED) is 0.433. The highest BCUT2D eigenvalue weighted by molar-refractivity contribution is 6.30. The summed E-state index contributed by atoms with van der Waals surface area (Å²) in [6.07, 6.45) is -0.745. The van der Waals surface area contributed by atoms with Crippen LogP contribution >= 0.6 is 11.6 Å². The maximum Gasteiger partial charge on any atom is 0.338 e. The number of amides is 1. The third-order valence-corrected chi connectivity index (χ3v) is 6.02. The second-order valence-electron chi connectivity index (χ2n) is 8.63. The molecule has 1 amide bonds. The van der Waals surface area contributed by atoms with E-state index in [1.54, 1.807) is 13.8 Å². The number of benzene rings is 1. The van der Waals surface area contributed by atoms with E-state index in [0.29, 0.717) is 0 Å². The van der Waals surface area contributed by atoms with Crippen molar-refractivity contribution >= 4 is 35.0 Å². The number of ketones is 2. The van der Waals surface area contributed by atoms with Crippen molar-refractivity contribution in [2.24, 2.45) is 11.8 Å². The second-order valence-corrected chi connectivity index (χ2v) is 9.07. The number of allylic oxidation sites excluding steroid dienone is 1. The molecule has 0 N–H and O–H groups in total. The van der Waals surface area contributed by atoms with Crippen LogP contribution in [0.25, 0.3) is 0 Å². The zero-order valence-electron chi connectivity index (χ0n) is 18.3. The zero-order chi connectivity index (χ0) is 24.6. The normalized spacial score (nSPS) is 29.6. The SMILES string of the molecule is CC(C)C(=O)C[C@H]1[C@@](C)(F)[C@H](N2C=CC(=O)CC2=O)O[C@]1(F)COC(=O)c1cccc(Cl)c1. The number of carbonyl (C=O) groups is 4. The molecule has 0 unspecified atom stereocenters. The molecule has 7 nitrogen and oxygen atoms in total. The lowest BCUT2D eigenvalue weighted by Crippen LogP contribution is -2.50. The number of alkyl halides is 2. The van der Waals surface area contributed by atoms with Gasteiger partial charge >= 0.3 is 5.97 Å². The van der Waals surface area contributed by atoms with E-state index in [2.05, 4.69) is 0 Å². The molecule has 2 aliphatic rings. The van der Waals surface area contributed by atoms with Gasteiger partial charge in [-0.2, -0.15) is 0 Å². The standard InChI is InChI=1S/C23H24ClF2NO6/c1-13(2)17(29)11-18-22(3,25)21(27-8-7-16(28)10-19(27)30)33-23(18,26)12-32-20(31)14-5-4-6-15(24)9-14/h4-9,13,18,21H,10-12H2,1-3H3/t18-,21+,22+,23+/m0/s1. The number of nitrogens with zero attached hydrogens (tertiary/aromatic N) is 1. The molecule has 0 aliphatic carbocycles. The van der Waals surface area contributed by atoms with Crippen LogP contribution in [0.2, 0.25) is 5.02 Å². The Kier molecular flexibility index (Phi) is 7.04. The van der Waals surface area contributed by atoms with Gasteiger partial charge in [-0.3, -0.25) is 19.3 Å². The first-order chi connectivity index (χ1) is 15.3. The molecule has 0 spiro atoms. The first-order valence-corrected chi connectivity index (χ1v) is 10.8. The number of rotatable bonds is 7. The van der Waals surface area contributed by atoms with Crippen LogP contribution in [0.4, 0.5) is 8.78 Å². The molecule has 0 aromatic heterocycles. The Morgan fingerprint density at radius 2 is 2.00 bits per heavy atom. The van der Waals surface area contributed by atoms with Gasteiger partial charge in [-0.15, -0.1) is 0 Å². The highest BCUT2D eigenvalue weighted by Gasteiger charge is 2.66. The van der Waals surface area contributed by atoms with Gasteiger partial charge in [-0.1, -0.05) is 31.5 Å². The maximum atomic E-state index is 16.1. The van der Waals surface area contributed by atoms with Gasteiger partial charge in [0.05, 0.1) is 17.9 Å². The molecular formula is C23H24ClF2NO6. The van der Waals surface area contributed by atoms with Gasteiger partial charge in [0.1, 0.15) is 5.78 Å². The fourth-order valence-electron chi connectivity index (χ4n) is 3.85. The van der Waals surface area contributed by atoms with Crippen LogP contribution in [0.15, 0.2) is 36.5 Å². The van der Waals surface area contributed by atoms with Crippen molar-refractivity contribution in [3.63, 3.8) is 0 Å². The van der Waals surface area contributed by atoms with Gasteiger partial charge in [0.2, 0.25) is 5.91 Å². The van der Waals surface area contributed by atoms with E-state index in [1.165, 1.54) is 24.3 Å². The van der Waals surface area contributed by atoms with Gasteiger partial charge in [0.15, 0.2) is 24.3 Å². The summed E-state index contributed by atoms with van der Waals surface area (Å²) >= 11 is 5.86. The van der Waals surface area contributed by atoms with Gasteiger partial charge < -0.3 is 9.47 Å². The predicted molar refractivity (Wildman–Crippen MR) is 114 cm³/mol. The number of carbonyl (C=O) groups excluding carboxylic acids is 4. The number of hydrogen-bond donors (Lipinski definition) is 0. The summed E-state index contributed by atoms with van der Waals surface area (Å²) < 4.78 is 42.6. The maximum absolute atomic E-state index is 16.1. The van der Waals surface area contributed by atoms with Crippen molar-refractivity contribution in [2.45, 2.75) is 51.4 Å². The van der Waals surface area contributed by atoms with Crippen molar-refractivity contribution < 1.29 is 37.4 Å². The number of esters is 1. The lowest BCUT2D eigenvalue weighted by Gasteiger charge is -2.33. The van der Waals surface area contributed by atoms with Crippen molar-refractivity contribution in [1.29, 1.82) is 0 Å². The summed E-state index contributed by atoms with van der Waals surface area (Å²) in [6.45, 7) is 3.18. The minimum Gasteiger partial charge on any atom is -0.456 e. The van der Waals surface area contributed by atoms with E-state index in [9.17, 15) is 19.2 Å². The molecule has 2 aliphatic heterocycles. The number of Topliss-reactive ketones (excluding diaryl/α,β-unsaturated/α-hetero) is 1. The molecule has 1 saturated heterocycles. The minimum absolute atomic E-state index is 0.0473. The largest absolute Gasteiger partial charge is 0.456 e. The first kappa shape index (κ1) is 25.0. The van der Waals surface area contributed by atoms with Crippen LogP contribution in [-0.4, -0.2) is 52.7 Å². The lowest BCUT2D eigenvalue weighted by atomic mass is 9.80. The average Bonchev–Trinajstić information content (AvgIpc) is 2.93. The third kappa shape index (κ3) is 5.14. The van der Waals surface area contributed by atoms with Crippen LogP contribution in [0.5, 0.6) is 0 Å². The van der Waals surface area contributed by atoms with Gasteiger partial charge in [-0.05, 0) is 31.2 Å². The summed E-state index contributed by atoms with van der Waals surface area (Å²) in [5, 5.41) is 0.262. The van der Waals surface area contributed by atoms with Crippen LogP contribution < -0.4 is 0 Å². The van der Waals surface area contributed by atoms with Crippen LogP contribution in [0.1, 0.15) is 44.0 Å². The van der Waals surface area contributed by atoms with Gasteiger partial charge in [-0.25, -0.2) is 13.6 Å². The summed E-state index contributed by atoms with van der Waals surface area (Å²) in [4.78, 5) is 49.4. The van der Waals surface area contributed by atoms with Gasteiger partial charge in [0, 0.05) is 23.6 Å². The van der Waals surface area contributed by atoms with E-state index in [1.807, 2.05) is 0 Å². The molecule has 1 aromatic rings. The predicted octanol–water partition coefficient (Wildman–Crippen LogP) is 3.79. The topological polar surface area (TPSA) is 90.0 Å². The monoisotopic (exact) mass is 483 g/mol. The second kappa shape index (κ2) is 9.30. The molecule has 3 rings (SSSR count). The minimum atomic E-state index is -2.91. The fourth-order valence-corrected chi connectivity index (χ4v) is 4.04. The molecule has 0 radical (unpaired) electrons. The van der Waals surface area contributed by atoms with E-state index in [-0.39, 0.29) is 10.6 Å². The Morgan fingerprint density at radius 3 is 2.61 bits per heavy atom. The molecular weight excluding hydrogens is 460 g/mol. The average molecular weight is 484 g/mol. The zero-order valence-corrected chi connectivity index (χ0v) is 19.1. The smallest absolute Gasteiger partial charge is 0.338 e. The Labute approximate surface area is 194 Å². The molecule has 1 aromatic carbocycles. The van der Waals surface area contributed by atoms with E-state index < -0.39 is 72.5 Å². The molecule has 33 heavy (non-hydrogen) atoms. The molecule has 0 saturated carbocycles. The molecule has 1 fully saturated rings. The van der Waals surface area contributed by atoms with Crippen LogP contribution in [0, 0.1) is 11.8 Å². The molecule has 10 heteroatoms. The number of halogens is 3. The van der Waals surface area contributed by atoms with E-state index in [0.717, 1.165) is 24.1 Å². The summed E-state index contributed by atoms with van der Waals surface area (Å²) in [6, 6.07) is 5.77. The van der Waals surface area contributed by atoms with Crippen molar-refractivity contribution in [3.8, 4) is 0 Å². The van der Waals surface area contributed by atoms with Crippen molar-refractivity contribution in [1.82, 2.24) is 4.90 Å². The molecule has 178 valence electrons. The highest BCUT2D eigenvalue weighted by atomic mass is 35.5. The van der Waals surface area contributed by atoms with E-state index in [4.69, 9.17) is 21.1 Å². The number of hydrogen-bond acceptors (Lipinski definition) is 6. The molecule has 2 heterocycles. The Bertz CT molecular complexity index is 1010. The van der Waals surface area contributed by atoms with Crippen molar-refractivity contribution in [3.05, 3.63) is 47.1 Å². The Morgan fingerprint density at radius 1 is 1.30 bits per heavy atom. The molecule has 4 atom stereocenters. The Balaban J connectivity index is 1.89. The highest BCUT2D eigenvalue weighted by Crippen LogP contribution is 2.50. The lowest BCUT2D eigenvalue weighted by molar-refractivity contribution is -0.204. The summed E-state index contributed by atoms with van der Waals surface area (Å²) in [7, 11) is 0.